The van der Waals surface area contributed by atoms with Crippen LogP contribution in [0.5, 0.6) is 0 Å². The second-order valence-electron chi connectivity index (χ2n) is 7.50. The largest absolute Gasteiger partial charge is 0.348 e. The first-order valence-electron chi connectivity index (χ1n) is 10.1. The molecule has 0 fully saturated rings. The lowest BCUT2D eigenvalue weighted by Gasteiger charge is -2.18. The van der Waals surface area contributed by atoms with E-state index in [1.807, 2.05) is 12.2 Å². The number of hydrogen-bond donors (Lipinski definition) is 2. The number of nitrogens with one attached hydrogen (secondary N) is 2. The zero-order valence-corrected chi connectivity index (χ0v) is 18.2. The Balaban J connectivity index is 1.53. The highest BCUT2D eigenvalue weighted by atomic mass is 35.5. The number of alkyl halides is 1. The Labute approximate surface area is 189 Å². The first kappa shape index (κ1) is 22.0. The van der Waals surface area contributed by atoms with Crippen molar-refractivity contribution < 1.29 is 18.7 Å². The summed E-state index contributed by atoms with van der Waals surface area (Å²) >= 11 is 6.02. The van der Waals surface area contributed by atoms with E-state index in [9.17, 15) is 14.0 Å². The van der Waals surface area contributed by atoms with Crippen LogP contribution in [0.2, 0.25) is 5.02 Å². The van der Waals surface area contributed by atoms with Gasteiger partial charge in [0.15, 0.2) is 6.86 Å². The minimum absolute atomic E-state index is 0.0744. The van der Waals surface area contributed by atoms with Gasteiger partial charge in [0.25, 0.3) is 11.8 Å². The number of imidazole rings is 1. The molecule has 7 nitrogen and oxygen atoms in total. The maximum Gasteiger partial charge on any atom is 0.254 e. The van der Waals surface area contributed by atoms with Crippen molar-refractivity contribution in [3.63, 3.8) is 0 Å². The van der Waals surface area contributed by atoms with Crippen molar-refractivity contribution in [3.05, 3.63) is 76.1 Å². The van der Waals surface area contributed by atoms with E-state index >= 15 is 0 Å². The normalized spacial score (nSPS) is 14.2. The fraction of sp³-hybridized carbons (Fsp3) is 0.261. The van der Waals surface area contributed by atoms with Crippen LogP contribution in [-0.2, 0) is 4.74 Å². The van der Waals surface area contributed by atoms with Crippen LogP contribution in [0, 0.1) is 6.92 Å². The van der Waals surface area contributed by atoms with Crippen molar-refractivity contribution in [2.75, 3.05) is 26.6 Å². The topological polar surface area (TPSA) is 87.3 Å². The predicted molar refractivity (Wildman–Crippen MR) is 119 cm³/mol. The summed E-state index contributed by atoms with van der Waals surface area (Å²) in [6.07, 6.45) is 3.89. The number of nitrogens with zero attached hydrogens (tertiary/aromatic N) is 2. The molecule has 2 heterocycles. The van der Waals surface area contributed by atoms with E-state index < -0.39 is 12.9 Å². The SMILES string of the molecule is Cc1cc(C(=O)N[C@@H](COCF)c2nc3ccc(Cl)cc3[nH]2)ccc1C(=O)N1CC=CC1. The Morgan fingerprint density at radius 3 is 2.75 bits per heavy atom. The fourth-order valence-corrected chi connectivity index (χ4v) is 3.79. The molecule has 0 spiro atoms. The Hall–Kier alpha value is -3.23. The van der Waals surface area contributed by atoms with Crippen molar-refractivity contribution in [1.82, 2.24) is 20.2 Å². The van der Waals surface area contributed by atoms with Gasteiger partial charge in [0.05, 0.1) is 17.6 Å². The molecule has 3 aromatic rings. The van der Waals surface area contributed by atoms with Gasteiger partial charge in [-0.05, 0) is 48.9 Å². The number of halogens is 2. The molecule has 0 saturated heterocycles. The van der Waals surface area contributed by atoms with Crippen LogP contribution in [-0.4, -0.2) is 53.2 Å². The van der Waals surface area contributed by atoms with Crippen LogP contribution >= 0.6 is 11.6 Å². The van der Waals surface area contributed by atoms with Gasteiger partial charge in [0, 0.05) is 29.2 Å². The first-order chi connectivity index (χ1) is 15.5. The highest BCUT2D eigenvalue weighted by molar-refractivity contribution is 6.31. The minimum Gasteiger partial charge on any atom is -0.348 e. The number of aromatic amines is 1. The second kappa shape index (κ2) is 9.50. The number of hydrogen-bond acceptors (Lipinski definition) is 4. The molecule has 1 aromatic heterocycles. The smallest absolute Gasteiger partial charge is 0.254 e. The number of amides is 2. The monoisotopic (exact) mass is 456 g/mol. The molecule has 1 aliphatic rings. The molecule has 32 heavy (non-hydrogen) atoms. The van der Waals surface area contributed by atoms with E-state index in [1.54, 1.807) is 48.2 Å². The van der Waals surface area contributed by atoms with Crippen molar-refractivity contribution in [2.24, 2.45) is 0 Å². The second-order valence-corrected chi connectivity index (χ2v) is 7.94. The van der Waals surface area contributed by atoms with E-state index in [4.69, 9.17) is 16.3 Å². The number of ether oxygens (including phenoxy) is 1. The van der Waals surface area contributed by atoms with Gasteiger partial charge in [-0.15, -0.1) is 0 Å². The van der Waals surface area contributed by atoms with Crippen molar-refractivity contribution in [3.8, 4) is 0 Å². The lowest BCUT2D eigenvalue weighted by molar-refractivity contribution is 0.0404. The Morgan fingerprint density at radius 1 is 1.25 bits per heavy atom. The van der Waals surface area contributed by atoms with Gasteiger partial charge in [-0.2, -0.15) is 0 Å². The summed E-state index contributed by atoms with van der Waals surface area (Å²) in [5, 5.41) is 3.37. The van der Waals surface area contributed by atoms with E-state index in [0.717, 1.165) is 0 Å². The molecule has 0 bridgehead atoms. The Kier molecular flexibility index (Phi) is 6.53. The van der Waals surface area contributed by atoms with Crippen LogP contribution in [0.15, 0.2) is 48.6 Å². The first-order valence-corrected chi connectivity index (χ1v) is 10.5. The van der Waals surface area contributed by atoms with Crippen molar-refractivity contribution in [2.45, 2.75) is 13.0 Å². The van der Waals surface area contributed by atoms with Crippen LogP contribution in [0.25, 0.3) is 11.0 Å². The molecular weight excluding hydrogens is 435 g/mol. The number of aromatic nitrogens is 2. The third-order valence-corrected chi connectivity index (χ3v) is 5.52. The van der Waals surface area contributed by atoms with Crippen molar-refractivity contribution in [1.29, 1.82) is 0 Å². The highest BCUT2D eigenvalue weighted by Gasteiger charge is 2.22. The summed E-state index contributed by atoms with van der Waals surface area (Å²) in [6.45, 7) is 1.87. The molecule has 4 rings (SSSR count). The molecule has 2 amide bonds. The van der Waals surface area contributed by atoms with E-state index in [0.29, 0.717) is 51.7 Å². The number of rotatable bonds is 7. The lowest BCUT2D eigenvalue weighted by Crippen LogP contribution is -2.32. The van der Waals surface area contributed by atoms with Gasteiger partial charge in [-0.1, -0.05) is 23.8 Å². The summed E-state index contributed by atoms with van der Waals surface area (Å²) in [5.74, 6) is -0.0374. The molecule has 2 N–H and O–H groups in total. The van der Waals surface area contributed by atoms with E-state index in [-0.39, 0.29) is 18.4 Å². The maximum atomic E-state index is 12.9. The highest BCUT2D eigenvalue weighted by Crippen LogP contribution is 2.21. The fourth-order valence-electron chi connectivity index (χ4n) is 3.62. The number of carbonyl (C=O) groups is 2. The molecular formula is C23H22ClFN4O3. The average molecular weight is 457 g/mol. The van der Waals surface area contributed by atoms with Crippen LogP contribution in [0.4, 0.5) is 4.39 Å². The molecule has 0 radical (unpaired) electrons. The molecule has 0 saturated carbocycles. The number of fused-ring (bicyclic) bond motifs is 1. The molecule has 1 atom stereocenters. The van der Waals surface area contributed by atoms with Crippen LogP contribution < -0.4 is 5.32 Å². The number of carbonyl (C=O) groups excluding carboxylic acids is 2. The summed E-state index contributed by atoms with van der Waals surface area (Å²) in [6, 6.07) is 9.40. The van der Waals surface area contributed by atoms with Gasteiger partial charge in [0.1, 0.15) is 11.9 Å². The van der Waals surface area contributed by atoms with Crippen molar-refractivity contribution >= 4 is 34.4 Å². The van der Waals surface area contributed by atoms with Crippen LogP contribution in [0.1, 0.15) is 38.1 Å². The lowest BCUT2D eigenvalue weighted by atomic mass is 10.0. The quantitative estimate of drug-likeness (QED) is 0.527. The summed E-state index contributed by atoms with van der Waals surface area (Å²) in [4.78, 5) is 34.9. The van der Waals surface area contributed by atoms with Gasteiger partial charge < -0.3 is 19.9 Å². The zero-order valence-electron chi connectivity index (χ0n) is 17.4. The average Bonchev–Trinajstić information content (AvgIpc) is 3.45. The number of benzene rings is 2. The molecule has 0 aliphatic carbocycles. The third-order valence-electron chi connectivity index (χ3n) is 5.28. The minimum atomic E-state index is -0.986. The summed E-state index contributed by atoms with van der Waals surface area (Å²) in [5.41, 5.74) is 2.99. The zero-order chi connectivity index (χ0) is 22.7. The van der Waals surface area contributed by atoms with Gasteiger partial charge >= 0.3 is 0 Å². The Bertz CT molecular complexity index is 1190. The van der Waals surface area contributed by atoms with E-state index in [1.165, 1.54) is 0 Å². The molecule has 9 heteroatoms. The summed E-state index contributed by atoms with van der Waals surface area (Å²) < 4.78 is 17.6. The van der Waals surface area contributed by atoms with Crippen LogP contribution in [0.3, 0.4) is 0 Å². The number of aryl methyl sites for hydroxylation is 1. The number of H-pyrrole nitrogens is 1. The third kappa shape index (κ3) is 4.66. The molecule has 2 aromatic carbocycles. The van der Waals surface area contributed by atoms with E-state index in [2.05, 4.69) is 15.3 Å². The molecule has 166 valence electrons. The Morgan fingerprint density at radius 2 is 2.03 bits per heavy atom. The maximum absolute atomic E-state index is 12.9. The molecule has 1 aliphatic heterocycles. The predicted octanol–water partition coefficient (Wildman–Crippen LogP) is 3.95. The van der Waals surface area contributed by atoms with Gasteiger partial charge in [-0.25, -0.2) is 9.37 Å². The van der Waals surface area contributed by atoms with Gasteiger partial charge in [-0.3, -0.25) is 9.59 Å². The molecule has 0 unspecified atom stereocenters. The van der Waals surface area contributed by atoms with Gasteiger partial charge in [0.2, 0.25) is 0 Å². The summed E-state index contributed by atoms with van der Waals surface area (Å²) in [7, 11) is 0. The standard InChI is InChI=1S/C23H22ClFN4O3/c1-14-10-15(4-6-17(14)23(31)29-8-2-3-9-29)22(30)28-20(12-32-13-25)21-26-18-7-5-16(24)11-19(18)27-21/h2-7,10-11,20H,8-9,12-13H2,1H3,(H,26,27)(H,28,30)/t20-/m0/s1.